The molecule has 1 aliphatic rings. The molecule has 120 valence electrons. The molecular weight excluding hydrogens is 330 g/mol. The van der Waals surface area contributed by atoms with Crippen molar-refractivity contribution in [2.45, 2.75) is 11.3 Å². The second kappa shape index (κ2) is 5.27. The number of benzene rings is 2. The van der Waals surface area contributed by atoms with Gasteiger partial charge in [-0.1, -0.05) is 6.07 Å². The van der Waals surface area contributed by atoms with Crippen LogP contribution in [0, 0.1) is 21.7 Å². The first-order valence-corrected chi connectivity index (χ1v) is 8.00. The highest BCUT2D eigenvalue weighted by atomic mass is 32.2. The van der Waals surface area contributed by atoms with Crippen LogP contribution >= 0.6 is 0 Å². The van der Waals surface area contributed by atoms with Crippen molar-refractivity contribution >= 4 is 21.4 Å². The summed E-state index contributed by atoms with van der Waals surface area (Å²) >= 11 is 0. The topological polar surface area (TPSA) is 80.5 Å². The van der Waals surface area contributed by atoms with Crippen LogP contribution < -0.4 is 4.31 Å². The summed E-state index contributed by atoms with van der Waals surface area (Å²) in [7, 11) is -4.13. The fraction of sp³-hybridized carbons (Fsp3) is 0.143. The zero-order valence-corrected chi connectivity index (χ0v) is 12.4. The van der Waals surface area contributed by atoms with Crippen LogP contribution in [0.2, 0.25) is 0 Å². The molecule has 6 nitrogen and oxygen atoms in total. The third kappa shape index (κ3) is 2.52. The van der Waals surface area contributed by atoms with E-state index in [1.54, 1.807) is 0 Å². The molecule has 0 bridgehead atoms. The molecule has 9 heteroatoms. The lowest BCUT2D eigenvalue weighted by Gasteiger charge is -2.19. The predicted molar refractivity (Wildman–Crippen MR) is 77.7 cm³/mol. The second-order valence-corrected chi connectivity index (χ2v) is 6.83. The van der Waals surface area contributed by atoms with Gasteiger partial charge in [-0.2, -0.15) is 4.39 Å². The smallest absolute Gasteiger partial charge is 0.266 e. The molecule has 3 rings (SSSR count). The zero-order valence-electron chi connectivity index (χ0n) is 11.6. The molecule has 0 amide bonds. The Kier molecular flexibility index (Phi) is 3.52. The van der Waals surface area contributed by atoms with Gasteiger partial charge in [0.25, 0.3) is 10.0 Å². The van der Waals surface area contributed by atoms with Crippen molar-refractivity contribution in [1.82, 2.24) is 0 Å². The minimum atomic E-state index is -4.13. The molecule has 0 N–H and O–H groups in total. The molecule has 0 aromatic heterocycles. The molecule has 0 saturated carbocycles. The molecule has 1 heterocycles. The first-order valence-electron chi connectivity index (χ1n) is 6.56. The highest BCUT2D eigenvalue weighted by Gasteiger charge is 2.32. The number of anilines is 1. The number of nitro benzene ring substituents is 1. The summed E-state index contributed by atoms with van der Waals surface area (Å²) in [6, 6.07) is 6.20. The van der Waals surface area contributed by atoms with Crippen molar-refractivity contribution in [2.75, 3.05) is 10.8 Å². The Morgan fingerprint density at radius 1 is 1.13 bits per heavy atom. The maximum atomic E-state index is 13.7. The van der Waals surface area contributed by atoms with Crippen molar-refractivity contribution in [1.29, 1.82) is 0 Å². The van der Waals surface area contributed by atoms with Crippen LogP contribution in [-0.4, -0.2) is 19.9 Å². The van der Waals surface area contributed by atoms with E-state index in [2.05, 4.69) is 0 Å². The van der Waals surface area contributed by atoms with E-state index in [1.807, 2.05) is 0 Å². The number of halogens is 2. The summed E-state index contributed by atoms with van der Waals surface area (Å²) in [6.07, 6.45) is 0.407. The minimum absolute atomic E-state index is 0.0970. The summed E-state index contributed by atoms with van der Waals surface area (Å²) in [5.74, 6) is -1.82. The van der Waals surface area contributed by atoms with E-state index in [0.717, 1.165) is 22.5 Å². The fourth-order valence-electron chi connectivity index (χ4n) is 2.50. The molecule has 2 aromatic rings. The highest BCUT2D eigenvalue weighted by molar-refractivity contribution is 7.92. The lowest BCUT2D eigenvalue weighted by Crippen LogP contribution is -2.29. The minimum Gasteiger partial charge on any atom is -0.266 e. The maximum Gasteiger partial charge on any atom is 0.304 e. The first kappa shape index (κ1) is 15.3. The molecule has 0 saturated heterocycles. The van der Waals surface area contributed by atoms with E-state index in [0.29, 0.717) is 18.1 Å². The Labute approximate surface area is 130 Å². The molecule has 2 aromatic carbocycles. The van der Waals surface area contributed by atoms with Crippen LogP contribution in [0.3, 0.4) is 0 Å². The van der Waals surface area contributed by atoms with Crippen molar-refractivity contribution < 1.29 is 22.1 Å². The average molecular weight is 340 g/mol. The van der Waals surface area contributed by atoms with E-state index in [4.69, 9.17) is 0 Å². The molecule has 0 aliphatic carbocycles. The number of nitro groups is 1. The Hall–Kier alpha value is -2.55. The lowest BCUT2D eigenvalue weighted by molar-refractivity contribution is -0.387. The lowest BCUT2D eigenvalue weighted by atomic mass is 10.2. The molecular formula is C14H10F2N2O4S. The van der Waals surface area contributed by atoms with E-state index in [-0.39, 0.29) is 12.2 Å². The number of hydrogen-bond donors (Lipinski definition) is 0. The van der Waals surface area contributed by atoms with Gasteiger partial charge in [0.2, 0.25) is 5.82 Å². The van der Waals surface area contributed by atoms with Gasteiger partial charge in [-0.05, 0) is 30.2 Å². The number of rotatable bonds is 3. The van der Waals surface area contributed by atoms with Gasteiger partial charge in [0.1, 0.15) is 5.82 Å². The van der Waals surface area contributed by atoms with Crippen molar-refractivity contribution in [2.24, 2.45) is 0 Å². The van der Waals surface area contributed by atoms with Gasteiger partial charge in [0, 0.05) is 18.7 Å². The Balaban J connectivity index is 2.06. The number of sulfonamides is 1. The molecule has 0 spiro atoms. The van der Waals surface area contributed by atoms with Gasteiger partial charge in [0.05, 0.1) is 15.5 Å². The summed E-state index contributed by atoms with van der Waals surface area (Å²) < 4.78 is 53.3. The maximum absolute atomic E-state index is 13.7. The molecule has 0 unspecified atom stereocenters. The molecule has 23 heavy (non-hydrogen) atoms. The van der Waals surface area contributed by atoms with E-state index in [1.165, 1.54) is 12.1 Å². The number of hydrogen-bond acceptors (Lipinski definition) is 4. The average Bonchev–Trinajstić information content (AvgIpc) is 2.90. The van der Waals surface area contributed by atoms with E-state index in [9.17, 15) is 27.3 Å². The van der Waals surface area contributed by atoms with Crippen molar-refractivity contribution in [3.63, 3.8) is 0 Å². The van der Waals surface area contributed by atoms with Crippen LogP contribution in [0.15, 0.2) is 41.3 Å². The van der Waals surface area contributed by atoms with Crippen LogP contribution in [0.4, 0.5) is 20.2 Å². The Bertz CT molecular complexity index is 915. The third-order valence-electron chi connectivity index (χ3n) is 3.60. The van der Waals surface area contributed by atoms with Gasteiger partial charge in [-0.25, -0.2) is 12.8 Å². The highest BCUT2D eigenvalue weighted by Crippen LogP contribution is 2.34. The van der Waals surface area contributed by atoms with Crippen molar-refractivity contribution in [3.8, 4) is 0 Å². The molecule has 1 aliphatic heterocycles. The second-order valence-electron chi connectivity index (χ2n) is 4.97. The largest absolute Gasteiger partial charge is 0.304 e. The Morgan fingerprint density at radius 2 is 1.87 bits per heavy atom. The van der Waals surface area contributed by atoms with Crippen LogP contribution in [0.25, 0.3) is 0 Å². The Morgan fingerprint density at radius 3 is 2.52 bits per heavy atom. The summed E-state index contributed by atoms with van der Waals surface area (Å²) in [5, 5.41) is 10.6. The summed E-state index contributed by atoms with van der Waals surface area (Å²) in [5.41, 5.74) is 0.0536. The van der Waals surface area contributed by atoms with Gasteiger partial charge in [-0.15, -0.1) is 0 Å². The van der Waals surface area contributed by atoms with Crippen LogP contribution in [0.5, 0.6) is 0 Å². The van der Waals surface area contributed by atoms with Gasteiger partial charge in [-0.3, -0.25) is 14.4 Å². The standard InChI is InChI=1S/C14H10F2N2O4S/c15-10-2-1-9-5-6-17(14(9)7-10)23(21,22)11-3-4-13(18(19)20)12(16)8-11/h1-4,7-8H,5-6H2. The zero-order chi connectivity index (χ0) is 16.8. The van der Waals surface area contributed by atoms with Gasteiger partial charge in [0.15, 0.2) is 0 Å². The van der Waals surface area contributed by atoms with Crippen LogP contribution in [-0.2, 0) is 16.4 Å². The first-order chi connectivity index (χ1) is 10.8. The quantitative estimate of drug-likeness (QED) is 0.635. The summed E-state index contributed by atoms with van der Waals surface area (Å²) in [6.45, 7) is 0.0970. The van der Waals surface area contributed by atoms with Gasteiger partial charge >= 0.3 is 5.69 Å². The van der Waals surface area contributed by atoms with Crippen molar-refractivity contribution in [3.05, 3.63) is 63.7 Å². The summed E-state index contributed by atoms with van der Waals surface area (Å²) in [4.78, 5) is 9.25. The monoisotopic (exact) mass is 340 g/mol. The van der Waals surface area contributed by atoms with Crippen LogP contribution in [0.1, 0.15) is 5.56 Å². The van der Waals surface area contributed by atoms with Gasteiger partial charge < -0.3 is 0 Å². The van der Waals surface area contributed by atoms with E-state index >= 15 is 0 Å². The normalized spacial score (nSPS) is 13.9. The number of nitrogens with zero attached hydrogens (tertiary/aromatic N) is 2. The predicted octanol–water partition coefficient (Wildman–Crippen LogP) is 2.62. The SMILES string of the molecule is O=[N+]([O-])c1ccc(S(=O)(=O)N2CCc3ccc(F)cc32)cc1F. The van der Waals surface area contributed by atoms with E-state index < -0.39 is 37.2 Å². The fourth-order valence-corrected chi connectivity index (χ4v) is 4.00. The third-order valence-corrected chi connectivity index (χ3v) is 5.41. The molecule has 0 atom stereocenters. The number of fused-ring (bicyclic) bond motifs is 1. The molecule has 0 fully saturated rings. The molecule has 0 radical (unpaired) electrons.